The number of alkyl halides is 3. The molecule has 11 heteroatoms. The van der Waals surface area contributed by atoms with Gasteiger partial charge in [-0.25, -0.2) is 4.98 Å². The zero-order chi connectivity index (χ0) is 25.7. The second kappa shape index (κ2) is 11.6. The lowest BCUT2D eigenvalue weighted by Crippen LogP contribution is -2.49. The number of nitrogens with one attached hydrogen (secondary N) is 1. The first-order valence-corrected chi connectivity index (χ1v) is 12.7. The third-order valence-corrected chi connectivity index (χ3v) is 7.20. The zero-order valence-corrected chi connectivity index (χ0v) is 21.2. The van der Waals surface area contributed by atoms with Crippen LogP contribution in [0.3, 0.4) is 0 Å². The highest BCUT2D eigenvalue weighted by molar-refractivity contribution is 7.80. The van der Waals surface area contributed by atoms with Crippen molar-refractivity contribution in [2.75, 3.05) is 43.0 Å². The second-order valence-electron chi connectivity index (χ2n) is 9.00. The number of aromatic nitrogens is 1. The quantitative estimate of drug-likeness (QED) is 0.487. The maximum absolute atomic E-state index is 13.2. The molecule has 1 N–H and O–H groups in total. The Morgan fingerprint density at radius 3 is 2.47 bits per heavy atom. The van der Waals surface area contributed by atoms with Crippen LogP contribution in [0.4, 0.5) is 24.7 Å². The van der Waals surface area contributed by atoms with Crippen LogP contribution in [0.2, 0.25) is 5.02 Å². The van der Waals surface area contributed by atoms with E-state index in [0.29, 0.717) is 17.3 Å². The number of halogens is 4. The normalized spacial score (nSPS) is 20.6. The van der Waals surface area contributed by atoms with Gasteiger partial charge in [0.25, 0.3) is 0 Å². The number of thiocarbonyl (C=S) groups is 1. The number of hydrogen-bond donors (Lipinski definition) is 1. The van der Waals surface area contributed by atoms with Crippen molar-refractivity contribution in [3.63, 3.8) is 0 Å². The van der Waals surface area contributed by atoms with Crippen molar-refractivity contribution in [3.05, 3.63) is 52.7 Å². The molecule has 4 rings (SSSR count). The molecule has 0 bridgehead atoms. The van der Waals surface area contributed by atoms with Crippen molar-refractivity contribution in [1.29, 1.82) is 5.26 Å². The van der Waals surface area contributed by atoms with Gasteiger partial charge in [-0.3, -0.25) is 0 Å². The number of ether oxygens (including phenoxy) is 1. The monoisotopic (exact) mass is 537 g/mol. The molecule has 0 unspecified atom stereocenters. The molecule has 0 spiro atoms. The molecule has 2 aromatic rings. The van der Waals surface area contributed by atoms with Crippen LogP contribution in [-0.2, 0) is 10.9 Å². The molecule has 6 nitrogen and oxygen atoms in total. The lowest BCUT2D eigenvalue weighted by molar-refractivity contribution is -0.137. The van der Waals surface area contributed by atoms with Crippen molar-refractivity contribution >= 4 is 40.3 Å². The van der Waals surface area contributed by atoms with E-state index in [4.69, 9.17) is 33.8 Å². The number of benzene rings is 1. The minimum absolute atomic E-state index is 0.0559. The van der Waals surface area contributed by atoms with Crippen LogP contribution in [-0.4, -0.2) is 59.8 Å². The third kappa shape index (κ3) is 6.78. The second-order valence-corrected chi connectivity index (χ2v) is 9.91. The van der Waals surface area contributed by atoms with Crippen LogP contribution >= 0.6 is 23.8 Å². The average Bonchev–Trinajstić information content (AvgIpc) is 2.88. The van der Waals surface area contributed by atoms with E-state index >= 15 is 0 Å². The fourth-order valence-corrected chi connectivity index (χ4v) is 4.96. The Balaban J connectivity index is 1.19. The van der Waals surface area contributed by atoms with E-state index in [2.05, 4.69) is 20.1 Å². The van der Waals surface area contributed by atoms with Gasteiger partial charge in [0.1, 0.15) is 10.8 Å². The number of hydrogen-bond acceptors (Lipinski definition) is 6. The molecule has 2 fully saturated rings. The van der Waals surface area contributed by atoms with Crippen LogP contribution in [0.1, 0.15) is 36.8 Å². The van der Waals surface area contributed by atoms with E-state index in [1.54, 1.807) is 12.3 Å². The number of rotatable bonds is 6. The van der Waals surface area contributed by atoms with Gasteiger partial charge in [-0.05, 0) is 56.0 Å². The fourth-order valence-electron chi connectivity index (χ4n) is 4.60. The SMILES string of the molecule is N#Cc1ccc(N[C@H]2CC[C@H](OCC(=S)N3CCN(c4ccc(Cl)cn4)CC3)CC2)cc1C(F)(F)F. The van der Waals surface area contributed by atoms with Crippen LogP contribution in [0.5, 0.6) is 0 Å². The fraction of sp³-hybridized carbons (Fsp3) is 0.480. The van der Waals surface area contributed by atoms with Crippen LogP contribution in [0, 0.1) is 11.3 Å². The standard InChI is InChI=1S/C25H27ClF3N5OS/c26-18-2-8-23(31-15-18)33-9-11-34(12-10-33)24(36)16-35-21-6-4-19(5-7-21)32-20-3-1-17(14-30)22(13-20)25(27,28)29/h1-3,8,13,15,19,21,32H,4-7,9-12,16H2/t19-,21-. The Morgan fingerprint density at radius 1 is 1.14 bits per heavy atom. The molecule has 1 saturated heterocycles. The van der Waals surface area contributed by atoms with Crippen molar-refractivity contribution < 1.29 is 17.9 Å². The summed E-state index contributed by atoms with van der Waals surface area (Å²) in [5.74, 6) is 0.905. The molecule has 192 valence electrons. The molecular weight excluding hydrogens is 511 g/mol. The number of pyridine rings is 1. The van der Waals surface area contributed by atoms with E-state index < -0.39 is 11.7 Å². The molecular formula is C25H27ClF3N5OS. The molecule has 2 aliphatic rings. The minimum atomic E-state index is -4.56. The molecule has 1 aromatic carbocycles. The molecule has 0 radical (unpaired) electrons. The predicted octanol–water partition coefficient (Wildman–Crippen LogP) is 5.51. The third-order valence-electron chi connectivity index (χ3n) is 6.60. The van der Waals surface area contributed by atoms with Crippen LogP contribution in [0.25, 0.3) is 0 Å². The molecule has 0 atom stereocenters. The van der Waals surface area contributed by atoms with Crippen molar-refractivity contribution in [2.24, 2.45) is 0 Å². The topological polar surface area (TPSA) is 64.4 Å². The molecule has 0 amide bonds. The zero-order valence-electron chi connectivity index (χ0n) is 19.6. The van der Waals surface area contributed by atoms with Gasteiger partial charge in [0.2, 0.25) is 0 Å². The van der Waals surface area contributed by atoms with Crippen LogP contribution < -0.4 is 10.2 Å². The minimum Gasteiger partial charge on any atom is -0.382 e. The summed E-state index contributed by atoms with van der Waals surface area (Å²) in [7, 11) is 0. The maximum Gasteiger partial charge on any atom is 0.417 e. The summed E-state index contributed by atoms with van der Waals surface area (Å²) in [6, 6.07) is 9.18. The maximum atomic E-state index is 13.2. The molecule has 2 heterocycles. The highest BCUT2D eigenvalue weighted by Gasteiger charge is 2.34. The summed E-state index contributed by atoms with van der Waals surface area (Å²) < 4.78 is 45.7. The smallest absolute Gasteiger partial charge is 0.382 e. The molecule has 1 aliphatic heterocycles. The van der Waals surface area contributed by atoms with Gasteiger partial charge in [0, 0.05) is 44.1 Å². The number of nitrogens with zero attached hydrogens (tertiary/aromatic N) is 4. The Morgan fingerprint density at radius 2 is 1.86 bits per heavy atom. The summed E-state index contributed by atoms with van der Waals surface area (Å²) >= 11 is 11.5. The molecule has 1 aromatic heterocycles. The summed E-state index contributed by atoms with van der Waals surface area (Å²) in [4.78, 5) is 9.53. The van der Waals surface area contributed by atoms with Gasteiger partial charge in [-0.2, -0.15) is 18.4 Å². The van der Waals surface area contributed by atoms with Crippen molar-refractivity contribution in [2.45, 2.75) is 44.0 Å². The van der Waals surface area contributed by atoms with Crippen molar-refractivity contribution in [1.82, 2.24) is 9.88 Å². The van der Waals surface area contributed by atoms with Gasteiger partial charge < -0.3 is 19.9 Å². The highest BCUT2D eigenvalue weighted by atomic mass is 35.5. The van der Waals surface area contributed by atoms with E-state index in [1.807, 2.05) is 12.1 Å². The highest BCUT2D eigenvalue weighted by Crippen LogP contribution is 2.34. The predicted molar refractivity (Wildman–Crippen MR) is 137 cm³/mol. The van der Waals surface area contributed by atoms with E-state index in [-0.39, 0.29) is 17.7 Å². The van der Waals surface area contributed by atoms with Gasteiger partial charge in [-0.1, -0.05) is 23.8 Å². The van der Waals surface area contributed by atoms with Gasteiger partial charge >= 0.3 is 6.18 Å². The van der Waals surface area contributed by atoms with E-state index in [0.717, 1.165) is 68.7 Å². The van der Waals surface area contributed by atoms with Crippen molar-refractivity contribution in [3.8, 4) is 6.07 Å². The summed E-state index contributed by atoms with van der Waals surface area (Å²) in [6.45, 7) is 3.62. The average molecular weight is 538 g/mol. The van der Waals surface area contributed by atoms with Crippen LogP contribution in [0.15, 0.2) is 36.5 Å². The Labute approximate surface area is 219 Å². The Kier molecular flexibility index (Phi) is 8.54. The lowest BCUT2D eigenvalue weighted by atomic mass is 9.92. The molecule has 36 heavy (non-hydrogen) atoms. The Bertz CT molecular complexity index is 1090. The van der Waals surface area contributed by atoms with Gasteiger partial charge in [-0.15, -0.1) is 0 Å². The first-order chi connectivity index (χ1) is 17.2. The number of piperazine rings is 1. The van der Waals surface area contributed by atoms with Gasteiger partial charge in [0.15, 0.2) is 0 Å². The molecule has 1 saturated carbocycles. The first-order valence-electron chi connectivity index (χ1n) is 11.9. The van der Waals surface area contributed by atoms with E-state index in [1.165, 1.54) is 12.1 Å². The largest absolute Gasteiger partial charge is 0.417 e. The van der Waals surface area contributed by atoms with Gasteiger partial charge in [0.05, 0.1) is 34.9 Å². The summed E-state index contributed by atoms with van der Waals surface area (Å²) in [5, 5.41) is 12.8. The summed E-state index contributed by atoms with van der Waals surface area (Å²) in [6.07, 6.45) is 0.337. The first kappa shape index (κ1) is 26.5. The number of anilines is 2. The number of nitriles is 1. The lowest BCUT2D eigenvalue weighted by Gasteiger charge is -2.37. The van der Waals surface area contributed by atoms with E-state index in [9.17, 15) is 13.2 Å². The Hall–Kier alpha value is -2.61. The summed E-state index contributed by atoms with van der Waals surface area (Å²) in [5.41, 5.74) is -0.908. The molecule has 1 aliphatic carbocycles.